The zero-order chi connectivity index (χ0) is 21.9. The Hall–Kier alpha value is -2.85. The summed E-state index contributed by atoms with van der Waals surface area (Å²) in [6.07, 6.45) is 1.47. The van der Waals surface area contributed by atoms with Gasteiger partial charge in [-0.15, -0.1) is 24.0 Å². The number of benzene rings is 2. The number of hydrogen-bond acceptors (Lipinski definition) is 4. The van der Waals surface area contributed by atoms with Crippen molar-refractivity contribution in [1.82, 2.24) is 10.6 Å². The average Bonchev–Trinajstić information content (AvgIpc) is 3.34. The fourth-order valence-corrected chi connectivity index (χ4v) is 3.09. The van der Waals surface area contributed by atoms with Gasteiger partial charge in [0, 0.05) is 24.7 Å². The average molecular weight is 548 g/mol. The van der Waals surface area contributed by atoms with Crippen molar-refractivity contribution >= 4 is 41.5 Å². The Morgan fingerprint density at radius 1 is 1.06 bits per heavy atom. The maximum Gasteiger partial charge on any atom is 0.291 e. The lowest BCUT2D eigenvalue weighted by molar-refractivity contribution is 0.0996. The number of guanidine groups is 1. The second-order valence-electron chi connectivity index (χ2n) is 7.00. The Morgan fingerprint density at radius 3 is 2.56 bits per heavy atom. The van der Waals surface area contributed by atoms with Crippen molar-refractivity contribution in [1.29, 1.82) is 0 Å². The van der Waals surface area contributed by atoms with Gasteiger partial charge >= 0.3 is 0 Å². The largest absolute Gasteiger partial charge is 0.459 e. The molecular weight excluding hydrogens is 519 g/mol. The monoisotopic (exact) mass is 548 g/mol. The normalized spacial score (nSPS) is 11.9. The van der Waals surface area contributed by atoms with Crippen LogP contribution in [0.15, 0.2) is 82.4 Å². The van der Waals surface area contributed by atoms with Gasteiger partial charge in [-0.3, -0.25) is 4.79 Å². The van der Waals surface area contributed by atoms with Crippen LogP contribution in [0.2, 0.25) is 0 Å². The molecule has 1 amide bonds. The predicted octanol–water partition coefficient (Wildman–Crippen LogP) is 3.98. The molecule has 0 saturated heterocycles. The summed E-state index contributed by atoms with van der Waals surface area (Å²) in [6.45, 7) is 3.78. The van der Waals surface area contributed by atoms with E-state index in [1.807, 2.05) is 61.5 Å². The van der Waals surface area contributed by atoms with Gasteiger partial charge < -0.3 is 25.5 Å². The van der Waals surface area contributed by atoms with Gasteiger partial charge in [-0.1, -0.05) is 42.5 Å². The Kier molecular flexibility index (Phi) is 10.8. The lowest BCUT2D eigenvalue weighted by Crippen LogP contribution is -2.39. The molecule has 4 N–H and O–H groups in total. The van der Waals surface area contributed by atoms with E-state index in [4.69, 9.17) is 4.42 Å². The molecule has 170 valence electrons. The van der Waals surface area contributed by atoms with E-state index in [9.17, 15) is 9.90 Å². The number of amides is 1. The highest BCUT2D eigenvalue weighted by molar-refractivity contribution is 14.0. The first-order valence-corrected chi connectivity index (χ1v) is 10.3. The number of nitrogens with zero attached hydrogens (tertiary/aromatic N) is 1. The van der Waals surface area contributed by atoms with E-state index in [1.165, 1.54) is 6.26 Å². The molecule has 1 atom stereocenters. The number of anilines is 1. The first kappa shape index (κ1) is 25.4. The van der Waals surface area contributed by atoms with Crippen LogP contribution < -0.4 is 16.0 Å². The second-order valence-corrected chi connectivity index (χ2v) is 7.00. The minimum Gasteiger partial charge on any atom is -0.459 e. The number of carbonyl (C=O) groups excluding carboxylic acids is 1. The maximum absolute atomic E-state index is 12.2. The number of aliphatic hydroxyl groups excluding tert-OH is 1. The van der Waals surface area contributed by atoms with E-state index in [1.54, 1.807) is 12.1 Å². The van der Waals surface area contributed by atoms with Crippen molar-refractivity contribution in [3.63, 3.8) is 0 Å². The summed E-state index contributed by atoms with van der Waals surface area (Å²) in [5.74, 6) is 0.614. The van der Waals surface area contributed by atoms with Crippen molar-refractivity contribution in [3.05, 3.63) is 89.9 Å². The molecule has 3 aromatic rings. The lowest BCUT2D eigenvalue weighted by Gasteiger charge is -2.18. The van der Waals surface area contributed by atoms with Crippen LogP contribution >= 0.6 is 24.0 Å². The zero-order valence-electron chi connectivity index (χ0n) is 18.0. The van der Waals surface area contributed by atoms with Gasteiger partial charge in [-0.05, 0) is 42.3 Å². The minimum absolute atomic E-state index is 0. The Labute approximate surface area is 205 Å². The van der Waals surface area contributed by atoms with Gasteiger partial charge in [0.15, 0.2) is 11.7 Å². The topological polar surface area (TPSA) is 98.9 Å². The number of halogens is 1. The lowest BCUT2D eigenvalue weighted by atomic mass is 10.0. The fraction of sp³-hybridized carbons (Fsp3) is 0.250. The molecule has 0 aliphatic heterocycles. The molecule has 0 spiro atoms. The highest BCUT2D eigenvalue weighted by Gasteiger charge is 2.11. The third kappa shape index (κ3) is 7.69. The summed E-state index contributed by atoms with van der Waals surface area (Å²) < 4.78 is 5.12. The van der Waals surface area contributed by atoms with E-state index < -0.39 is 0 Å². The van der Waals surface area contributed by atoms with Crippen molar-refractivity contribution in [2.24, 2.45) is 4.99 Å². The molecule has 7 nitrogen and oxygen atoms in total. The number of furan rings is 1. The fourth-order valence-electron chi connectivity index (χ4n) is 3.09. The Bertz CT molecular complexity index is 978. The summed E-state index contributed by atoms with van der Waals surface area (Å²) in [4.78, 5) is 16.8. The molecule has 1 aromatic heterocycles. The first-order valence-electron chi connectivity index (χ1n) is 10.3. The second kappa shape index (κ2) is 13.5. The molecule has 1 unspecified atom stereocenters. The zero-order valence-corrected chi connectivity index (χ0v) is 20.3. The number of aliphatic imine (C=N–C) groups is 1. The van der Waals surface area contributed by atoms with Crippen LogP contribution in [0, 0.1) is 0 Å². The van der Waals surface area contributed by atoms with E-state index in [2.05, 4.69) is 20.9 Å². The summed E-state index contributed by atoms with van der Waals surface area (Å²) in [5.41, 5.74) is 2.71. The summed E-state index contributed by atoms with van der Waals surface area (Å²) >= 11 is 0. The SMILES string of the molecule is CCNC(=NCc1cccc(NC(=O)c2ccco2)c1)NCC(CO)c1ccccc1.I. The van der Waals surface area contributed by atoms with Gasteiger partial charge in [0.25, 0.3) is 5.91 Å². The third-order valence-electron chi connectivity index (χ3n) is 4.70. The standard InChI is InChI=1S/C24H28N4O3.HI/c1-2-25-24(27-16-20(17-29)19-9-4-3-5-10-19)26-15-18-8-6-11-21(14-18)28-23(30)22-12-7-13-31-22;/h3-14,20,29H,2,15-17H2,1H3,(H,28,30)(H2,25,26,27);1H. The van der Waals surface area contributed by atoms with Crippen molar-refractivity contribution < 1.29 is 14.3 Å². The van der Waals surface area contributed by atoms with Gasteiger partial charge in [-0.25, -0.2) is 4.99 Å². The van der Waals surface area contributed by atoms with Crippen LogP contribution in [0.25, 0.3) is 0 Å². The molecule has 3 rings (SSSR count). The minimum atomic E-state index is -0.295. The van der Waals surface area contributed by atoms with Crippen LogP contribution in [0.4, 0.5) is 5.69 Å². The van der Waals surface area contributed by atoms with Crippen molar-refractivity contribution in [2.75, 3.05) is 25.0 Å². The van der Waals surface area contributed by atoms with Crippen LogP contribution in [0.1, 0.15) is 34.5 Å². The first-order chi connectivity index (χ1) is 15.2. The molecule has 0 aliphatic rings. The number of carbonyl (C=O) groups is 1. The van der Waals surface area contributed by atoms with Gasteiger partial charge in [-0.2, -0.15) is 0 Å². The number of rotatable bonds is 9. The number of aliphatic hydroxyl groups is 1. The van der Waals surface area contributed by atoms with Crippen LogP contribution in [0.5, 0.6) is 0 Å². The summed E-state index contributed by atoms with van der Waals surface area (Å²) in [6, 6.07) is 20.7. The molecule has 32 heavy (non-hydrogen) atoms. The summed E-state index contributed by atoms with van der Waals surface area (Å²) in [5, 5.41) is 19.1. The van der Waals surface area contributed by atoms with E-state index in [-0.39, 0.29) is 48.2 Å². The third-order valence-corrected chi connectivity index (χ3v) is 4.70. The molecule has 1 heterocycles. The molecule has 0 bridgehead atoms. The number of nitrogens with one attached hydrogen (secondary N) is 3. The molecule has 2 aromatic carbocycles. The van der Waals surface area contributed by atoms with E-state index in [0.717, 1.165) is 17.7 Å². The van der Waals surface area contributed by atoms with Crippen molar-refractivity contribution in [2.45, 2.75) is 19.4 Å². The number of hydrogen-bond donors (Lipinski definition) is 4. The molecule has 0 aliphatic carbocycles. The Balaban J connectivity index is 0.00000363. The summed E-state index contributed by atoms with van der Waals surface area (Å²) in [7, 11) is 0. The van der Waals surface area contributed by atoms with Gasteiger partial charge in [0.05, 0.1) is 19.4 Å². The van der Waals surface area contributed by atoms with Gasteiger partial charge in [0.2, 0.25) is 0 Å². The maximum atomic E-state index is 12.2. The highest BCUT2D eigenvalue weighted by atomic mass is 127. The molecule has 0 radical (unpaired) electrons. The van der Waals surface area contributed by atoms with Crippen LogP contribution in [-0.4, -0.2) is 36.7 Å². The quantitative estimate of drug-likeness (QED) is 0.184. The van der Waals surface area contributed by atoms with Crippen molar-refractivity contribution in [3.8, 4) is 0 Å². The molecule has 8 heteroatoms. The van der Waals surface area contributed by atoms with E-state index in [0.29, 0.717) is 24.7 Å². The molecular formula is C24H29IN4O3. The molecule has 0 fully saturated rings. The highest BCUT2D eigenvalue weighted by Crippen LogP contribution is 2.15. The predicted molar refractivity (Wildman–Crippen MR) is 138 cm³/mol. The smallest absolute Gasteiger partial charge is 0.291 e. The van der Waals surface area contributed by atoms with Crippen LogP contribution in [0.3, 0.4) is 0 Å². The van der Waals surface area contributed by atoms with Gasteiger partial charge in [0.1, 0.15) is 0 Å². The molecule has 0 saturated carbocycles. The Morgan fingerprint density at radius 2 is 1.88 bits per heavy atom. The van der Waals surface area contributed by atoms with E-state index >= 15 is 0 Å². The van der Waals surface area contributed by atoms with Crippen LogP contribution in [-0.2, 0) is 6.54 Å².